The molecule has 1 atom stereocenters. The fraction of sp³-hybridized carbons (Fsp3) is 0.321. The van der Waals surface area contributed by atoms with E-state index in [1.807, 2.05) is 43.4 Å². The molecule has 0 radical (unpaired) electrons. The molecule has 11 nitrogen and oxygen atoms in total. The molecule has 11 heteroatoms. The van der Waals surface area contributed by atoms with Crippen LogP contribution in [0.2, 0.25) is 0 Å². The van der Waals surface area contributed by atoms with E-state index < -0.39 is 0 Å². The first kappa shape index (κ1) is 26.1. The lowest BCUT2D eigenvalue weighted by atomic mass is 10.1. The molecular weight excluding hydrogens is 494 g/mol. The van der Waals surface area contributed by atoms with Crippen LogP contribution in [-0.4, -0.2) is 68.7 Å². The van der Waals surface area contributed by atoms with Crippen molar-refractivity contribution in [3.63, 3.8) is 0 Å². The van der Waals surface area contributed by atoms with Crippen LogP contribution in [0.5, 0.6) is 5.88 Å². The van der Waals surface area contributed by atoms with E-state index >= 15 is 0 Å². The predicted molar refractivity (Wildman–Crippen MR) is 156 cm³/mol. The van der Waals surface area contributed by atoms with Gasteiger partial charge in [-0.15, -0.1) is 6.58 Å². The van der Waals surface area contributed by atoms with Crippen LogP contribution in [0.25, 0.3) is 16.9 Å². The summed E-state index contributed by atoms with van der Waals surface area (Å²) in [5.41, 5.74) is 2.46. The van der Waals surface area contributed by atoms with E-state index in [-0.39, 0.29) is 19.6 Å². The summed E-state index contributed by atoms with van der Waals surface area (Å²) in [7, 11) is 3.94. The van der Waals surface area contributed by atoms with E-state index in [9.17, 15) is 4.79 Å². The van der Waals surface area contributed by atoms with Crippen molar-refractivity contribution >= 4 is 34.6 Å². The van der Waals surface area contributed by atoms with Crippen LogP contribution in [-0.2, 0) is 6.54 Å². The average molecular weight is 530 g/mol. The number of allylic oxidation sites excluding steroid dienone is 1. The number of anilines is 3. The van der Waals surface area contributed by atoms with Gasteiger partial charge in [-0.3, -0.25) is 4.79 Å². The third-order valence-corrected chi connectivity index (χ3v) is 6.82. The molecule has 1 aliphatic heterocycles. The molecule has 0 saturated carbocycles. The van der Waals surface area contributed by atoms with Gasteiger partial charge in [0, 0.05) is 50.4 Å². The van der Waals surface area contributed by atoms with E-state index in [1.165, 1.54) is 17.1 Å². The van der Waals surface area contributed by atoms with Gasteiger partial charge in [-0.2, -0.15) is 9.97 Å². The van der Waals surface area contributed by atoms with Crippen molar-refractivity contribution in [3.05, 3.63) is 71.2 Å². The second-order valence-corrected chi connectivity index (χ2v) is 9.55. The Balaban J connectivity index is 0.00000370. The summed E-state index contributed by atoms with van der Waals surface area (Å²) < 4.78 is 9.51. The van der Waals surface area contributed by atoms with Crippen molar-refractivity contribution in [2.24, 2.45) is 0 Å². The van der Waals surface area contributed by atoms with Crippen molar-refractivity contribution < 1.29 is 6.16 Å². The molecule has 1 fully saturated rings. The maximum atomic E-state index is 13.3. The van der Waals surface area contributed by atoms with Crippen LogP contribution in [0, 0.1) is 5.41 Å². The zero-order chi connectivity index (χ0) is 27.4. The summed E-state index contributed by atoms with van der Waals surface area (Å²) in [5, 5.41) is 14.3. The molecular formula is C28H35N9O2. The fourth-order valence-electron chi connectivity index (χ4n) is 4.81. The van der Waals surface area contributed by atoms with Crippen LogP contribution in [0.1, 0.15) is 26.3 Å². The van der Waals surface area contributed by atoms with Gasteiger partial charge in [0.25, 0.3) is 5.56 Å². The number of rotatable bonds is 9. The Labute approximate surface area is 228 Å². The molecule has 0 aliphatic carbocycles. The number of pyridine rings is 1. The number of nitrogens with zero attached hydrogens (tertiary/aromatic N) is 6. The molecule has 39 heavy (non-hydrogen) atoms. The molecule has 0 bridgehead atoms. The van der Waals surface area contributed by atoms with E-state index in [1.54, 1.807) is 10.8 Å². The number of hydrogen-bond acceptors (Lipinski definition) is 9. The number of ether oxygens (including phenoxy) is 1. The van der Waals surface area contributed by atoms with Crippen LogP contribution in [0.4, 0.5) is 17.3 Å². The molecule has 3 N–H and O–H groups in total. The highest BCUT2D eigenvalue weighted by atomic mass is 16.5. The summed E-state index contributed by atoms with van der Waals surface area (Å²) in [4.78, 5) is 29.5. The molecule has 4 aromatic rings. The highest BCUT2D eigenvalue weighted by molar-refractivity contribution is 5.88. The molecule has 1 unspecified atom stereocenters. The lowest BCUT2D eigenvalue weighted by molar-refractivity contribution is 0.175. The number of nitrogens with one attached hydrogen (secondary N) is 3. The number of aromatic nitrogens is 5. The maximum Gasteiger partial charge on any atom is 0.278 e. The highest BCUT2D eigenvalue weighted by Crippen LogP contribution is 2.23. The van der Waals surface area contributed by atoms with Gasteiger partial charge in [0.05, 0.1) is 6.54 Å². The number of hydrogen-bond donors (Lipinski definition) is 3. The Morgan fingerprint density at radius 1 is 1.23 bits per heavy atom. The second-order valence-electron chi connectivity index (χ2n) is 9.55. The van der Waals surface area contributed by atoms with E-state index in [0.29, 0.717) is 34.4 Å². The largest absolute Gasteiger partial charge is 0.474 e. The van der Waals surface area contributed by atoms with Crippen LogP contribution >= 0.6 is 0 Å². The molecule has 1 saturated heterocycles. The monoisotopic (exact) mass is 529 g/mol. The smallest absolute Gasteiger partial charge is 0.278 e. The Bertz CT molecular complexity index is 1570. The molecule has 204 valence electrons. The lowest BCUT2D eigenvalue weighted by Crippen LogP contribution is -2.23. The normalized spacial score (nSPS) is 16.0. The number of benzene rings is 1. The third-order valence-electron chi connectivity index (χ3n) is 6.82. The first-order valence-electron chi connectivity index (χ1n) is 13.0. The van der Waals surface area contributed by atoms with Crippen molar-refractivity contribution in [2.45, 2.75) is 31.9 Å². The minimum Gasteiger partial charge on any atom is -0.474 e. The SMILES string of the molecule is C=CCn1c(=O)c2cnc(Nc3ccc(NC)c(C=N)c3)nc2n1-c1cccc(OC2CCCN(C)CC2)n1.[HH]. The quantitative estimate of drug-likeness (QED) is 0.219. The first-order valence-corrected chi connectivity index (χ1v) is 13.0. The number of fused-ring (bicyclic) bond motifs is 1. The van der Waals surface area contributed by atoms with Crippen molar-refractivity contribution in [2.75, 3.05) is 37.8 Å². The summed E-state index contributed by atoms with van der Waals surface area (Å²) in [6, 6.07) is 11.1. The first-order chi connectivity index (χ1) is 19.0. The molecule has 0 spiro atoms. The summed E-state index contributed by atoms with van der Waals surface area (Å²) in [6.45, 7) is 6.14. The van der Waals surface area contributed by atoms with Crippen LogP contribution in [0.3, 0.4) is 0 Å². The van der Waals surface area contributed by atoms with Gasteiger partial charge in [-0.1, -0.05) is 12.1 Å². The Morgan fingerprint density at radius 2 is 2.10 bits per heavy atom. The third kappa shape index (κ3) is 5.53. The lowest BCUT2D eigenvalue weighted by Gasteiger charge is -2.17. The van der Waals surface area contributed by atoms with Crippen molar-refractivity contribution in [3.8, 4) is 11.7 Å². The fourth-order valence-corrected chi connectivity index (χ4v) is 4.81. The van der Waals surface area contributed by atoms with Crippen molar-refractivity contribution in [1.82, 2.24) is 29.2 Å². The highest BCUT2D eigenvalue weighted by Gasteiger charge is 2.20. The zero-order valence-corrected chi connectivity index (χ0v) is 22.2. The zero-order valence-electron chi connectivity index (χ0n) is 22.2. The topological polar surface area (TPSA) is 126 Å². The minimum absolute atomic E-state index is 0. The van der Waals surface area contributed by atoms with E-state index in [2.05, 4.69) is 34.1 Å². The molecule has 0 amide bonds. The van der Waals surface area contributed by atoms with Gasteiger partial charge in [0.2, 0.25) is 11.8 Å². The van der Waals surface area contributed by atoms with E-state index in [4.69, 9.17) is 20.1 Å². The molecule has 4 heterocycles. The average Bonchev–Trinajstić information content (AvgIpc) is 3.06. The minimum atomic E-state index is -0.235. The number of likely N-dealkylation sites (tertiary alicyclic amines) is 1. The Kier molecular flexibility index (Phi) is 7.69. The predicted octanol–water partition coefficient (Wildman–Crippen LogP) is 4.06. The molecule has 1 aromatic carbocycles. The van der Waals surface area contributed by atoms with Gasteiger partial charge in [-0.25, -0.2) is 14.3 Å². The molecule has 3 aromatic heterocycles. The van der Waals surface area contributed by atoms with Gasteiger partial charge in [0.15, 0.2) is 11.5 Å². The van der Waals surface area contributed by atoms with Gasteiger partial charge < -0.3 is 25.7 Å². The summed E-state index contributed by atoms with van der Waals surface area (Å²) in [5.74, 6) is 1.34. The summed E-state index contributed by atoms with van der Waals surface area (Å²) >= 11 is 0. The molecule has 5 rings (SSSR count). The van der Waals surface area contributed by atoms with Gasteiger partial charge in [-0.05, 0) is 57.1 Å². The maximum absolute atomic E-state index is 13.3. The van der Waals surface area contributed by atoms with Crippen molar-refractivity contribution in [1.29, 1.82) is 5.41 Å². The van der Waals surface area contributed by atoms with E-state index in [0.717, 1.165) is 43.6 Å². The standard InChI is InChI=1S/C28H33N9O2.H2/c1-4-13-36-27(38)22-18-31-28(32-20-10-11-23(30-2)19(16-20)17-29)34-26(22)37(36)24-8-5-9-25(33-24)39-21-7-6-14-35(3)15-12-21;/h4-5,8-11,16-18,21,29-30H,1,6-7,12-15H2,2-3H3,(H,31,32,34);1H. The Morgan fingerprint density at radius 3 is 2.90 bits per heavy atom. The van der Waals surface area contributed by atoms with Crippen LogP contribution < -0.4 is 20.9 Å². The Hall–Kier alpha value is -4.51. The van der Waals surface area contributed by atoms with Gasteiger partial charge >= 0.3 is 0 Å². The molecule has 1 aliphatic rings. The van der Waals surface area contributed by atoms with Gasteiger partial charge in [0.1, 0.15) is 11.5 Å². The van der Waals surface area contributed by atoms with Crippen LogP contribution in [0.15, 0.2) is 60.0 Å². The second kappa shape index (κ2) is 11.5. The summed E-state index contributed by atoms with van der Waals surface area (Å²) in [6.07, 6.45) is 7.54.